The monoisotopic (exact) mass is 440 g/mol. The number of nitrogens with zero attached hydrogens (tertiary/aromatic N) is 6. The summed E-state index contributed by atoms with van der Waals surface area (Å²) in [6.45, 7) is 0.301. The third-order valence-corrected chi connectivity index (χ3v) is 4.79. The number of halogens is 3. The molecule has 0 saturated carbocycles. The zero-order valence-electron chi connectivity index (χ0n) is 15.7. The van der Waals surface area contributed by atoms with Gasteiger partial charge in [-0.15, -0.1) is 0 Å². The molecule has 0 aromatic carbocycles. The fourth-order valence-corrected chi connectivity index (χ4v) is 3.49. The smallest absolute Gasteiger partial charge is 0.257 e. The summed E-state index contributed by atoms with van der Waals surface area (Å²) in [7, 11) is 0. The van der Waals surface area contributed by atoms with E-state index in [0.29, 0.717) is 18.0 Å². The van der Waals surface area contributed by atoms with Crippen LogP contribution < -0.4 is 0 Å². The second-order valence-corrected chi connectivity index (χ2v) is 7.31. The number of aliphatic hydroxyl groups excluding tert-OH is 1. The number of alkyl halides is 2. The first-order valence-corrected chi connectivity index (χ1v) is 9.72. The van der Waals surface area contributed by atoms with E-state index in [1.807, 2.05) is 6.20 Å². The molecule has 0 saturated heterocycles. The predicted molar refractivity (Wildman–Crippen MR) is 102 cm³/mol. The van der Waals surface area contributed by atoms with Gasteiger partial charge in [0.25, 0.3) is 6.43 Å². The lowest BCUT2D eigenvalue weighted by atomic mass is 10.3. The van der Waals surface area contributed by atoms with Crippen molar-refractivity contribution in [2.75, 3.05) is 6.61 Å². The van der Waals surface area contributed by atoms with Crippen molar-refractivity contribution in [3.63, 3.8) is 0 Å². The fraction of sp³-hybridized carbons (Fsp3) is 0.333. The van der Waals surface area contributed by atoms with Crippen molar-refractivity contribution < 1.29 is 23.1 Å². The Morgan fingerprint density at radius 2 is 2.10 bits per heavy atom. The van der Waals surface area contributed by atoms with E-state index < -0.39 is 13.0 Å². The average molecular weight is 440 g/mol. The minimum atomic E-state index is -2.44. The van der Waals surface area contributed by atoms with Crippen molar-refractivity contribution in [1.29, 1.82) is 0 Å². The largest absolute Gasteiger partial charge is 0.396 e. The number of carbonyl (C=O) groups is 1. The Hall–Kier alpha value is -2.86. The molecule has 3 aromatic heterocycles. The number of carbonyl (C=O) groups excluding carboxylic acids is 1. The van der Waals surface area contributed by atoms with E-state index in [1.165, 1.54) is 41.3 Å². The van der Waals surface area contributed by atoms with Crippen LogP contribution in [-0.4, -0.2) is 52.9 Å². The Morgan fingerprint density at radius 1 is 1.27 bits per heavy atom. The van der Waals surface area contributed by atoms with Gasteiger partial charge in [0.15, 0.2) is 0 Å². The molecule has 0 radical (unpaired) electrons. The maximum absolute atomic E-state index is 12.3. The number of pyridine rings is 1. The number of aromatic nitrogens is 5. The average Bonchev–Trinajstić information content (AvgIpc) is 3.38. The van der Waals surface area contributed by atoms with Crippen LogP contribution >= 0.6 is 11.9 Å². The zero-order chi connectivity index (χ0) is 21.5. The molecule has 1 N–H and O–H groups in total. The maximum Gasteiger partial charge on any atom is 0.257 e. The highest BCUT2D eigenvalue weighted by molar-refractivity contribution is 7.97. The first-order chi connectivity index (χ1) is 14.4. The molecule has 160 valence electrons. The van der Waals surface area contributed by atoms with Crippen LogP contribution in [0, 0.1) is 5.82 Å². The summed E-state index contributed by atoms with van der Waals surface area (Å²) in [6, 6.07) is 2.91. The van der Waals surface area contributed by atoms with E-state index in [1.54, 1.807) is 21.3 Å². The normalized spacial score (nSPS) is 12.6. The van der Waals surface area contributed by atoms with E-state index in [2.05, 4.69) is 15.2 Å². The molecule has 8 nitrogen and oxygen atoms in total. The van der Waals surface area contributed by atoms with Crippen molar-refractivity contribution in [3.05, 3.63) is 60.2 Å². The van der Waals surface area contributed by atoms with Crippen LogP contribution in [0.4, 0.5) is 13.2 Å². The topological polar surface area (TPSA) is 89.1 Å². The van der Waals surface area contributed by atoms with Crippen molar-refractivity contribution in [2.24, 2.45) is 0 Å². The first kappa shape index (κ1) is 21.8. The van der Waals surface area contributed by atoms with Crippen molar-refractivity contribution in [2.45, 2.75) is 37.4 Å². The molecule has 0 bridgehead atoms. The molecule has 4 heterocycles. The summed E-state index contributed by atoms with van der Waals surface area (Å²) in [5.74, 6) is -0.388. The summed E-state index contributed by atoms with van der Waals surface area (Å²) < 4.78 is 39.3. The van der Waals surface area contributed by atoms with Gasteiger partial charge in [-0.05, 0) is 12.1 Å². The van der Waals surface area contributed by atoms with Gasteiger partial charge < -0.3 is 10.0 Å². The molecule has 0 spiro atoms. The van der Waals surface area contributed by atoms with Gasteiger partial charge in [-0.1, -0.05) is 0 Å². The molecule has 0 unspecified atom stereocenters. The molecular weight excluding hydrogens is 421 g/mol. The summed E-state index contributed by atoms with van der Waals surface area (Å²) in [6.07, 6.45) is 5.24. The number of hydrogen-bond donors (Lipinski definition) is 1. The Morgan fingerprint density at radius 3 is 2.70 bits per heavy atom. The minimum absolute atomic E-state index is 0.0991. The van der Waals surface area contributed by atoms with Crippen LogP contribution in [0.5, 0.6) is 0 Å². The third-order valence-electron chi connectivity index (χ3n) is 4.00. The Labute approximate surface area is 174 Å². The third kappa shape index (κ3) is 6.07. The minimum Gasteiger partial charge on any atom is -0.396 e. The Bertz CT molecular complexity index is 942. The van der Waals surface area contributed by atoms with Crippen LogP contribution in [0.15, 0.2) is 48.0 Å². The van der Waals surface area contributed by atoms with Crippen molar-refractivity contribution in [3.8, 4) is 0 Å². The summed E-state index contributed by atoms with van der Waals surface area (Å²) in [4.78, 5) is 17.6. The van der Waals surface area contributed by atoms with Gasteiger partial charge in [0, 0.05) is 49.1 Å². The van der Waals surface area contributed by atoms with E-state index in [0.717, 1.165) is 11.3 Å². The van der Waals surface area contributed by atoms with Crippen LogP contribution in [0.2, 0.25) is 0 Å². The lowest BCUT2D eigenvalue weighted by molar-refractivity contribution is -0.132. The number of hydrogen-bond acceptors (Lipinski definition) is 6. The lowest BCUT2D eigenvalue weighted by Gasteiger charge is -2.14. The molecule has 30 heavy (non-hydrogen) atoms. The number of rotatable bonds is 6. The van der Waals surface area contributed by atoms with Crippen LogP contribution in [0.3, 0.4) is 0 Å². The Kier molecular flexibility index (Phi) is 7.46. The second kappa shape index (κ2) is 10.3. The van der Waals surface area contributed by atoms with Gasteiger partial charge >= 0.3 is 0 Å². The maximum atomic E-state index is 12.3. The number of fused-ring (bicyclic) bond motifs is 1. The highest BCUT2D eigenvalue weighted by atomic mass is 32.2. The zero-order valence-corrected chi connectivity index (χ0v) is 16.6. The molecule has 12 heteroatoms. The second-order valence-electron chi connectivity index (χ2n) is 6.28. The van der Waals surface area contributed by atoms with Crippen LogP contribution in [-0.2, 0) is 24.4 Å². The molecule has 0 atom stereocenters. The van der Waals surface area contributed by atoms with Crippen molar-refractivity contribution in [1.82, 2.24) is 28.9 Å². The van der Waals surface area contributed by atoms with Gasteiger partial charge in [0.1, 0.15) is 12.4 Å². The molecule has 0 fully saturated rings. The molecule has 0 aliphatic carbocycles. The SMILES string of the molecule is Fc1cccnc1.O=C(CCO)N1Cc2cn(Sc3cnn(CC(F)F)c3)nc2C1. The van der Waals surface area contributed by atoms with Gasteiger partial charge in [-0.25, -0.2) is 17.3 Å². The van der Waals surface area contributed by atoms with Gasteiger partial charge in [0.2, 0.25) is 5.91 Å². The molecule has 1 aliphatic rings. The molecule has 3 aromatic rings. The molecule has 1 amide bonds. The standard InChI is InChI=1S/C13H15F2N5O2S.C5H4FN/c14-12(15)8-19-6-10(3-16-19)23-20-5-9-4-18(7-11(9)17-20)13(22)1-2-21;6-5-2-1-3-7-4-5/h3,5-6,12,21H,1-2,4,7-8H2;1-4H. The van der Waals surface area contributed by atoms with Gasteiger partial charge in [-0.2, -0.15) is 10.2 Å². The highest BCUT2D eigenvalue weighted by Crippen LogP contribution is 2.26. The first-order valence-electron chi connectivity index (χ1n) is 8.95. The Balaban J connectivity index is 0.000000310. The van der Waals surface area contributed by atoms with E-state index >= 15 is 0 Å². The number of aliphatic hydroxyl groups is 1. The highest BCUT2D eigenvalue weighted by Gasteiger charge is 2.26. The summed E-state index contributed by atoms with van der Waals surface area (Å²) in [5, 5.41) is 17.1. The quantitative estimate of drug-likeness (QED) is 0.633. The summed E-state index contributed by atoms with van der Waals surface area (Å²) in [5.41, 5.74) is 1.76. The van der Waals surface area contributed by atoms with Crippen LogP contribution in [0.25, 0.3) is 0 Å². The molecule has 1 aliphatic heterocycles. The lowest BCUT2D eigenvalue weighted by Crippen LogP contribution is -2.26. The van der Waals surface area contributed by atoms with Crippen molar-refractivity contribution >= 4 is 17.9 Å². The van der Waals surface area contributed by atoms with E-state index in [-0.39, 0.29) is 24.8 Å². The fourth-order valence-electron chi connectivity index (χ4n) is 2.69. The summed E-state index contributed by atoms with van der Waals surface area (Å²) >= 11 is 1.27. The molecule has 4 rings (SSSR count). The predicted octanol–water partition coefficient (Wildman–Crippen LogP) is 2.35. The number of amides is 1. The van der Waals surface area contributed by atoms with Gasteiger partial charge in [0.05, 0.1) is 36.1 Å². The van der Waals surface area contributed by atoms with Gasteiger partial charge in [-0.3, -0.25) is 14.5 Å². The van der Waals surface area contributed by atoms with E-state index in [4.69, 9.17) is 5.11 Å². The van der Waals surface area contributed by atoms with Crippen LogP contribution in [0.1, 0.15) is 17.7 Å². The van der Waals surface area contributed by atoms with E-state index in [9.17, 15) is 18.0 Å². The molecular formula is C18H19F3N6O2S.